The van der Waals surface area contributed by atoms with Crippen LogP contribution in [-0.4, -0.2) is 42.4 Å². The van der Waals surface area contributed by atoms with Crippen LogP contribution in [0.15, 0.2) is 0 Å². The molecule has 92 valence electrons. The number of rotatable bonds is 5. The molecule has 0 aliphatic heterocycles. The molecular formula is C11H21N3O2. The van der Waals surface area contributed by atoms with Crippen LogP contribution in [-0.2, 0) is 9.59 Å². The summed E-state index contributed by atoms with van der Waals surface area (Å²) >= 11 is 0. The first-order valence-corrected chi connectivity index (χ1v) is 5.70. The van der Waals surface area contributed by atoms with Crippen molar-refractivity contribution >= 4 is 11.8 Å². The van der Waals surface area contributed by atoms with E-state index in [0.29, 0.717) is 6.54 Å². The Kier molecular flexibility index (Phi) is 3.91. The first-order valence-electron chi connectivity index (χ1n) is 5.70. The molecule has 0 bridgehead atoms. The predicted molar refractivity (Wildman–Crippen MR) is 61.6 cm³/mol. The van der Waals surface area contributed by atoms with Gasteiger partial charge in [0.15, 0.2) is 0 Å². The van der Waals surface area contributed by atoms with Gasteiger partial charge in [-0.3, -0.25) is 9.59 Å². The highest BCUT2D eigenvalue weighted by molar-refractivity contribution is 5.90. The third kappa shape index (κ3) is 2.95. The molecule has 16 heavy (non-hydrogen) atoms. The molecule has 1 saturated carbocycles. The standard InChI is InChI=1S/C11H21N3O2/c1-4-14(3)9(15)7-13-10(16)11(2,12)8-5-6-8/h8H,4-7,12H2,1-3H3,(H,13,16). The molecule has 0 aromatic heterocycles. The van der Waals surface area contributed by atoms with Crippen LogP contribution >= 0.6 is 0 Å². The summed E-state index contributed by atoms with van der Waals surface area (Å²) in [6.07, 6.45) is 2.01. The maximum atomic E-state index is 11.8. The molecule has 1 aliphatic rings. The molecule has 0 aromatic carbocycles. The molecule has 2 amide bonds. The molecule has 0 spiro atoms. The highest BCUT2D eigenvalue weighted by atomic mass is 16.2. The second kappa shape index (κ2) is 4.82. The van der Waals surface area contributed by atoms with Crippen molar-refractivity contribution in [3.8, 4) is 0 Å². The second-order valence-electron chi connectivity index (χ2n) is 4.65. The number of hydrogen-bond donors (Lipinski definition) is 2. The summed E-state index contributed by atoms with van der Waals surface area (Å²) in [5.41, 5.74) is 5.10. The minimum absolute atomic E-state index is 0.0304. The van der Waals surface area contributed by atoms with E-state index in [-0.39, 0.29) is 24.3 Å². The Morgan fingerprint density at radius 1 is 1.50 bits per heavy atom. The van der Waals surface area contributed by atoms with Crippen molar-refractivity contribution < 1.29 is 9.59 Å². The molecule has 0 aromatic rings. The van der Waals surface area contributed by atoms with Crippen LogP contribution in [0.1, 0.15) is 26.7 Å². The number of carbonyl (C=O) groups is 2. The van der Waals surface area contributed by atoms with Crippen molar-refractivity contribution in [2.75, 3.05) is 20.1 Å². The molecule has 5 nitrogen and oxygen atoms in total. The summed E-state index contributed by atoms with van der Waals surface area (Å²) in [6.45, 7) is 4.28. The highest BCUT2D eigenvalue weighted by Crippen LogP contribution is 2.37. The normalized spacial score (nSPS) is 18.8. The summed E-state index contributed by atoms with van der Waals surface area (Å²) in [4.78, 5) is 24.8. The molecule has 0 radical (unpaired) electrons. The zero-order chi connectivity index (χ0) is 12.3. The molecule has 1 fully saturated rings. The summed E-state index contributed by atoms with van der Waals surface area (Å²) in [5, 5.41) is 2.60. The van der Waals surface area contributed by atoms with E-state index in [0.717, 1.165) is 12.8 Å². The summed E-state index contributed by atoms with van der Waals surface area (Å²) < 4.78 is 0. The number of nitrogens with one attached hydrogen (secondary N) is 1. The lowest BCUT2D eigenvalue weighted by Gasteiger charge is -2.23. The van der Waals surface area contributed by atoms with E-state index in [1.165, 1.54) is 0 Å². The van der Waals surface area contributed by atoms with Gasteiger partial charge in [0, 0.05) is 13.6 Å². The van der Waals surface area contributed by atoms with Gasteiger partial charge in [0.2, 0.25) is 11.8 Å². The average Bonchev–Trinajstić information content (AvgIpc) is 3.07. The lowest BCUT2D eigenvalue weighted by atomic mass is 9.96. The van der Waals surface area contributed by atoms with Crippen LogP contribution < -0.4 is 11.1 Å². The van der Waals surface area contributed by atoms with Gasteiger partial charge in [0.05, 0.1) is 12.1 Å². The Bertz CT molecular complexity index is 285. The fourth-order valence-corrected chi connectivity index (χ4v) is 1.53. The fraction of sp³-hybridized carbons (Fsp3) is 0.818. The lowest BCUT2D eigenvalue weighted by Crippen LogP contribution is -2.55. The second-order valence-corrected chi connectivity index (χ2v) is 4.65. The van der Waals surface area contributed by atoms with Crippen molar-refractivity contribution in [3.05, 3.63) is 0 Å². The van der Waals surface area contributed by atoms with Gasteiger partial charge in [-0.2, -0.15) is 0 Å². The van der Waals surface area contributed by atoms with Crippen molar-refractivity contribution in [1.82, 2.24) is 10.2 Å². The van der Waals surface area contributed by atoms with E-state index in [9.17, 15) is 9.59 Å². The van der Waals surface area contributed by atoms with Crippen molar-refractivity contribution in [1.29, 1.82) is 0 Å². The molecule has 0 saturated heterocycles. The molecule has 1 rings (SSSR count). The molecule has 1 atom stereocenters. The van der Waals surface area contributed by atoms with Crippen LogP contribution in [0.25, 0.3) is 0 Å². The third-order valence-electron chi connectivity index (χ3n) is 3.21. The van der Waals surface area contributed by atoms with Gasteiger partial charge >= 0.3 is 0 Å². The topological polar surface area (TPSA) is 75.4 Å². The van der Waals surface area contributed by atoms with Crippen molar-refractivity contribution in [2.24, 2.45) is 11.7 Å². The number of amides is 2. The zero-order valence-electron chi connectivity index (χ0n) is 10.2. The average molecular weight is 227 g/mol. The van der Waals surface area contributed by atoms with Gasteiger partial charge in [-0.25, -0.2) is 0 Å². The third-order valence-corrected chi connectivity index (χ3v) is 3.21. The van der Waals surface area contributed by atoms with Gasteiger partial charge in [0.1, 0.15) is 0 Å². The summed E-state index contributed by atoms with van der Waals surface area (Å²) in [5.74, 6) is -0.0539. The van der Waals surface area contributed by atoms with E-state index in [4.69, 9.17) is 5.73 Å². The van der Waals surface area contributed by atoms with E-state index >= 15 is 0 Å². The summed E-state index contributed by atoms with van der Waals surface area (Å²) in [7, 11) is 1.71. The Hall–Kier alpha value is -1.10. The highest BCUT2D eigenvalue weighted by Gasteiger charge is 2.43. The molecule has 5 heteroatoms. The minimum Gasteiger partial charge on any atom is -0.345 e. The van der Waals surface area contributed by atoms with E-state index in [1.54, 1.807) is 18.9 Å². The smallest absolute Gasteiger partial charge is 0.241 e. The first kappa shape index (κ1) is 13.0. The quantitative estimate of drug-likeness (QED) is 0.677. The van der Waals surface area contributed by atoms with E-state index < -0.39 is 5.54 Å². The fourth-order valence-electron chi connectivity index (χ4n) is 1.53. The summed E-state index contributed by atoms with van der Waals surface area (Å²) in [6, 6.07) is 0. The molecular weight excluding hydrogens is 206 g/mol. The number of hydrogen-bond acceptors (Lipinski definition) is 3. The number of likely N-dealkylation sites (N-methyl/N-ethyl adjacent to an activating group) is 1. The van der Waals surface area contributed by atoms with Crippen LogP contribution in [0.3, 0.4) is 0 Å². The van der Waals surface area contributed by atoms with Crippen LogP contribution in [0, 0.1) is 5.92 Å². The number of nitrogens with two attached hydrogens (primary N) is 1. The monoisotopic (exact) mass is 227 g/mol. The molecule has 3 N–H and O–H groups in total. The van der Waals surface area contributed by atoms with Gasteiger partial charge in [-0.15, -0.1) is 0 Å². The number of carbonyl (C=O) groups excluding carboxylic acids is 2. The largest absolute Gasteiger partial charge is 0.345 e. The molecule has 1 unspecified atom stereocenters. The van der Waals surface area contributed by atoms with E-state index in [2.05, 4.69) is 5.32 Å². The van der Waals surface area contributed by atoms with Gasteiger partial charge < -0.3 is 16.0 Å². The Morgan fingerprint density at radius 3 is 2.50 bits per heavy atom. The minimum atomic E-state index is -0.828. The lowest BCUT2D eigenvalue weighted by molar-refractivity contribution is -0.133. The zero-order valence-corrected chi connectivity index (χ0v) is 10.2. The van der Waals surface area contributed by atoms with Gasteiger partial charge in [-0.05, 0) is 32.6 Å². The Labute approximate surface area is 96.4 Å². The number of nitrogens with zero attached hydrogens (tertiary/aromatic N) is 1. The molecule has 0 heterocycles. The Balaban J connectivity index is 2.37. The first-order chi connectivity index (χ1) is 7.39. The van der Waals surface area contributed by atoms with Gasteiger partial charge in [-0.1, -0.05) is 0 Å². The maximum absolute atomic E-state index is 11.8. The van der Waals surface area contributed by atoms with Crippen molar-refractivity contribution in [3.63, 3.8) is 0 Å². The Morgan fingerprint density at radius 2 is 2.06 bits per heavy atom. The van der Waals surface area contributed by atoms with Crippen LogP contribution in [0.4, 0.5) is 0 Å². The SMILES string of the molecule is CCN(C)C(=O)CNC(=O)C(C)(N)C1CC1. The predicted octanol–water partition coefficient (Wildman–Crippen LogP) is -0.292. The molecule has 1 aliphatic carbocycles. The van der Waals surface area contributed by atoms with Gasteiger partial charge in [0.25, 0.3) is 0 Å². The van der Waals surface area contributed by atoms with E-state index in [1.807, 2.05) is 6.92 Å². The maximum Gasteiger partial charge on any atom is 0.241 e. The van der Waals surface area contributed by atoms with Crippen LogP contribution in [0.2, 0.25) is 0 Å². The van der Waals surface area contributed by atoms with Crippen molar-refractivity contribution in [2.45, 2.75) is 32.2 Å². The van der Waals surface area contributed by atoms with Crippen LogP contribution in [0.5, 0.6) is 0 Å².